The molecule has 0 unspecified atom stereocenters. The van der Waals surface area contributed by atoms with Gasteiger partial charge in [-0.1, -0.05) is 0 Å². The summed E-state index contributed by atoms with van der Waals surface area (Å²) in [6.45, 7) is 3.44. The standard InChI is InChI=1S/C9H14N6O2S/c1-6-9(7(2)15(3)14-6)18(16,17)12-4-8-10-5-11-13-8/h5,12H,4H2,1-3H3,(H,10,11,13). The van der Waals surface area contributed by atoms with Crippen molar-refractivity contribution in [1.29, 1.82) is 0 Å². The first-order valence-electron chi connectivity index (χ1n) is 5.26. The van der Waals surface area contributed by atoms with Crippen LogP contribution in [0.5, 0.6) is 0 Å². The number of sulfonamides is 1. The van der Waals surface area contributed by atoms with Crippen molar-refractivity contribution in [2.75, 3.05) is 0 Å². The highest BCUT2D eigenvalue weighted by molar-refractivity contribution is 7.89. The van der Waals surface area contributed by atoms with Crippen LogP contribution in [0.1, 0.15) is 17.2 Å². The summed E-state index contributed by atoms with van der Waals surface area (Å²) < 4.78 is 28.3. The van der Waals surface area contributed by atoms with Gasteiger partial charge in [0.1, 0.15) is 17.0 Å². The molecule has 0 aromatic carbocycles. The average molecular weight is 270 g/mol. The van der Waals surface area contributed by atoms with E-state index < -0.39 is 10.0 Å². The van der Waals surface area contributed by atoms with Gasteiger partial charge in [-0.3, -0.25) is 9.78 Å². The molecule has 0 saturated heterocycles. The zero-order valence-electron chi connectivity index (χ0n) is 10.3. The Kier molecular flexibility index (Phi) is 3.18. The van der Waals surface area contributed by atoms with E-state index in [1.807, 2.05) is 0 Å². The molecule has 0 atom stereocenters. The molecule has 0 fully saturated rings. The van der Waals surface area contributed by atoms with Crippen LogP contribution in [0.3, 0.4) is 0 Å². The molecule has 0 aliphatic rings. The molecule has 2 rings (SSSR count). The summed E-state index contributed by atoms with van der Waals surface area (Å²) in [6, 6.07) is 0. The van der Waals surface area contributed by atoms with Crippen molar-refractivity contribution >= 4 is 10.0 Å². The van der Waals surface area contributed by atoms with Crippen LogP contribution in [-0.4, -0.2) is 33.4 Å². The largest absolute Gasteiger partial charge is 0.271 e. The van der Waals surface area contributed by atoms with Gasteiger partial charge in [0.15, 0.2) is 0 Å². The van der Waals surface area contributed by atoms with E-state index in [9.17, 15) is 8.42 Å². The predicted molar refractivity (Wildman–Crippen MR) is 63.1 cm³/mol. The predicted octanol–water partition coefficient (Wildman–Crippen LogP) is -0.366. The van der Waals surface area contributed by atoms with Gasteiger partial charge in [-0.25, -0.2) is 18.1 Å². The smallest absolute Gasteiger partial charge is 0.244 e. The highest BCUT2D eigenvalue weighted by Crippen LogP contribution is 2.18. The third-order valence-corrected chi connectivity index (χ3v) is 4.26. The second-order valence-corrected chi connectivity index (χ2v) is 5.58. The molecule has 0 aliphatic carbocycles. The van der Waals surface area contributed by atoms with E-state index in [2.05, 4.69) is 25.0 Å². The number of hydrogen-bond donors (Lipinski definition) is 2. The molecule has 18 heavy (non-hydrogen) atoms. The maximum absolute atomic E-state index is 12.2. The molecule has 0 amide bonds. The zero-order chi connectivity index (χ0) is 13.3. The minimum absolute atomic E-state index is 0.0656. The minimum Gasteiger partial charge on any atom is -0.271 e. The third kappa shape index (κ3) is 2.27. The van der Waals surface area contributed by atoms with E-state index in [-0.39, 0.29) is 11.4 Å². The summed E-state index contributed by atoms with van der Waals surface area (Å²) in [5, 5.41) is 10.3. The Morgan fingerprint density at radius 3 is 2.67 bits per heavy atom. The quantitative estimate of drug-likeness (QED) is 0.788. The molecule has 0 aliphatic heterocycles. The molecule has 2 aromatic heterocycles. The molecule has 98 valence electrons. The Bertz CT molecular complexity index is 643. The van der Waals surface area contributed by atoms with Crippen LogP contribution < -0.4 is 4.72 Å². The molecule has 9 heteroatoms. The molecular formula is C9H14N6O2S. The van der Waals surface area contributed by atoms with Gasteiger partial charge in [0.25, 0.3) is 0 Å². The van der Waals surface area contributed by atoms with Gasteiger partial charge in [-0.05, 0) is 13.8 Å². The fourth-order valence-corrected chi connectivity index (χ4v) is 3.12. The normalized spacial score (nSPS) is 11.9. The molecular weight excluding hydrogens is 256 g/mol. The molecule has 8 nitrogen and oxygen atoms in total. The fourth-order valence-electron chi connectivity index (χ4n) is 1.69. The molecule has 0 radical (unpaired) electrons. The van der Waals surface area contributed by atoms with Crippen LogP contribution >= 0.6 is 0 Å². The maximum Gasteiger partial charge on any atom is 0.244 e. The minimum atomic E-state index is -3.60. The van der Waals surface area contributed by atoms with Crippen molar-refractivity contribution in [3.8, 4) is 0 Å². The Morgan fingerprint density at radius 1 is 1.44 bits per heavy atom. The third-order valence-electron chi connectivity index (χ3n) is 2.61. The lowest BCUT2D eigenvalue weighted by Gasteiger charge is -2.05. The van der Waals surface area contributed by atoms with Crippen molar-refractivity contribution < 1.29 is 8.42 Å². The summed E-state index contributed by atoms with van der Waals surface area (Å²) in [5.41, 5.74) is 1.07. The van der Waals surface area contributed by atoms with Crippen molar-refractivity contribution in [1.82, 2.24) is 29.7 Å². The summed E-state index contributed by atoms with van der Waals surface area (Å²) in [5.74, 6) is 0.456. The number of nitrogens with zero attached hydrogens (tertiary/aromatic N) is 4. The summed E-state index contributed by atoms with van der Waals surface area (Å²) in [6.07, 6.45) is 1.32. The average Bonchev–Trinajstić information content (AvgIpc) is 2.86. The van der Waals surface area contributed by atoms with E-state index in [4.69, 9.17) is 0 Å². The zero-order valence-corrected chi connectivity index (χ0v) is 11.1. The van der Waals surface area contributed by atoms with Crippen LogP contribution in [0, 0.1) is 13.8 Å². The van der Waals surface area contributed by atoms with Crippen molar-refractivity contribution in [2.24, 2.45) is 7.05 Å². The van der Waals surface area contributed by atoms with Crippen LogP contribution in [0.4, 0.5) is 0 Å². The molecule has 2 aromatic rings. The first-order valence-corrected chi connectivity index (χ1v) is 6.74. The fraction of sp³-hybridized carbons (Fsp3) is 0.444. The molecule has 2 N–H and O–H groups in total. The number of aryl methyl sites for hydroxylation is 2. The Hall–Kier alpha value is -1.74. The summed E-state index contributed by atoms with van der Waals surface area (Å²) in [7, 11) is -1.89. The molecule has 0 saturated carbocycles. The van der Waals surface area contributed by atoms with Gasteiger partial charge in [0.05, 0.1) is 17.9 Å². The second kappa shape index (κ2) is 4.50. The van der Waals surface area contributed by atoms with E-state index in [0.29, 0.717) is 17.2 Å². The van der Waals surface area contributed by atoms with Crippen LogP contribution in [0.15, 0.2) is 11.2 Å². The Balaban J connectivity index is 2.26. The number of H-pyrrole nitrogens is 1. The van der Waals surface area contributed by atoms with Crippen LogP contribution in [0.25, 0.3) is 0 Å². The Morgan fingerprint density at radius 2 is 2.17 bits per heavy atom. The lowest BCUT2D eigenvalue weighted by molar-refractivity contribution is 0.577. The Labute approximate surface area is 104 Å². The molecule has 0 spiro atoms. The van der Waals surface area contributed by atoms with Crippen LogP contribution in [-0.2, 0) is 23.6 Å². The highest BCUT2D eigenvalue weighted by Gasteiger charge is 2.23. The van der Waals surface area contributed by atoms with Crippen molar-refractivity contribution in [2.45, 2.75) is 25.3 Å². The number of aromatic nitrogens is 5. The van der Waals surface area contributed by atoms with Crippen molar-refractivity contribution in [3.63, 3.8) is 0 Å². The summed E-state index contributed by atoms with van der Waals surface area (Å²) >= 11 is 0. The van der Waals surface area contributed by atoms with Gasteiger partial charge < -0.3 is 0 Å². The van der Waals surface area contributed by atoms with E-state index in [1.54, 1.807) is 25.6 Å². The number of nitrogens with one attached hydrogen (secondary N) is 2. The maximum atomic E-state index is 12.2. The van der Waals surface area contributed by atoms with Gasteiger partial charge in [0.2, 0.25) is 10.0 Å². The van der Waals surface area contributed by atoms with E-state index in [1.165, 1.54) is 6.33 Å². The SMILES string of the molecule is Cc1nn(C)c(C)c1S(=O)(=O)NCc1ncn[nH]1. The van der Waals surface area contributed by atoms with Gasteiger partial charge >= 0.3 is 0 Å². The van der Waals surface area contributed by atoms with Gasteiger partial charge in [-0.15, -0.1) is 0 Å². The van der Waals surface area contributed by atoms with E-state index in [0.717, 1.165) is 0 Å². The lowest BCUT2D eigenvalue weighted by atomic mass is 10.4. The number of hydrogen-bond acceptors (Lipinski definition) is 5. The van der Waals surface area contributed by atoms with Gasteiger partial charge in [0, 0.05) is 7.05 Å². The monoisotopic (exact) mass is 270 g/mol. The number of aromatic amines is 1. The highest BCUT2D eigenvalue weighted by atomic mass is 32.2. The molecule has 2 heterocycles. The number of rotatable bonds is 4. The van der Waals surface area contributed by atoms with Crippen molar-refractivity contribution in [3.05, 3.63) is 23.5 Å². The first-order chi connectivity index (χ1) is 8.42. The topological polar surface area (TPSA) is 106 Å². The second-order valence-electron chi connectivity index (χ2n) is 3.88. The summed E-state index contributed by atoms with van der Waals surface area (Å²) in [4.78, 5) is 4.06. The first kappa shape index (κ1) is 12.7. The molecule has 0 bridgehead atoms. The van der Waals surface area contributed by atoms with Gasteiger partial charge in [-0.2, -0.15) is 10.2 Å². The lowest BCUT2D eigenvalue weighted by Crippen LogP contribution is -2.25. The van der Waals surface area contributed by atoms with E-state index >= 15 is 0 Å². The van der Waals surface area contributed by atoms with Crippen LogP contribution in [0.2, 0.25) is 0 Å².